The topological polar surface area (TPSA) is 95.1 Å². The van der Waals surface area contributed by atoms with E-state index in [1.54, 1.807) is 14.2 Å². The average molecular weight is 405 g/mol. The lowest BCUT2D eigenvalue weighted by Crippen LogP contribution is -2.27. The Bertz CT molecular complexity index is 369. The van der Waals surface area contributed by atoms with Gasteiger partial charge in [0.05, 0.1) is 19.8 Å². The number of unbranched alkanes of at least 4 members (excludes halogenated alkanes) is 3. The third kappa shape index (κ3) is 21.1. The SMILES string of the molecule is CNC(=O)CCCCCOCCOCCNC(=O)CCCCOCCCOC. The molecule has 0 aromatic carbocycles. The van der Waals surface area contributed by atoms with E-state index in [2.05, 4.69) is 10.6 Å². The summed E-state index contributed by atoms with van der Waals surface area (Å²) >= 11 is 0. The van der Waals surface area contributed by atoms with E-state index in [1.165, 1.54) is 0 Å². The molecule has 0 aromatic rings. The van der Waals surface area contributed by atoms with Gasteiger partial charge in [0.25, 0.3) is 0 Å². The van der Waals surface area contributed by atoms with Crippen LogP contribution in [-0.2, 0) is 28.5 Å². The zero-order valence-electron chi connectivity index (χ0n) is 17.8. The van der Waals surface area contributed by atoms with Crippen LogP contribution in [0.1, 0.15) is 51.4 Å². The van der Waals surface area contributed by atoms with E-state index >= 15 is 0 Å². The number of rotatable bonds is 21. The van der Waals surface area contributed by atoms with Crippen molar-refractivity contribution in [1.29, 1.82) is 0 Å². The summed E-state index contributed by atoms with van der Waals surface area (Å²) in [4.78, 5) is 22.7. The lowest BCUT2D eigenvalue weighted by Gasteiger charge is -2.08. The van der Waals surface area contributed by atoms with Crippen LogP contribution in [0.4, 0.5) is 0 Å². The summed E-state index contributed by atoms with van der Waals surface area (Å²) in [6, 6.07) is 0. The van der Waals surface area contributed by atoms with Gasteiger partial charge in [-0.05, 0) is 32.1 Å². The quantitative estimate of drug-likeness (QED) is 0.283. The minimum Gasteiger partial charge on any atom is -0.385 e. The van der Waals surface area contributed by atoms with E-state index in [9.17, 15) is 9.59 Å². The maximum atomic E-state index is 11.7. The molecule has 0 saturated carbocycles. The number of amides is 2. The maximum Gasteiger partial charge on any atom is 0.220 e. The van der Waals surface area contributed by atoms with Crippen LogP contribution in [0, 0.1) is 0 Å². The Morgan fingerprint density at radius 3 is 1.93 bits per heavy atom. The molecule has 0 bridgehead atoms. The molecule has 28 heavy (non-hydrogen) atoms. The van der Waals surface area contributed by atoms with Crippen LogP contribution in [0.5, 0.6) is 0 Å². The summed E-state index contributed by atoms with van der Waals surface area (Å²) in [6.45, 7) is 4.88. The van der Waals surface area contributed by atoms with Gasteiger partial charge in [-0.1, -0.05) is 6.42 Å². The molecular formula is C20H40N2O6. The predicted molar refractivity (Wildman–Crippen MR) is 108 cm³/mol. The molecule has 0 spiro atoms. The largest absolute Gasteiger partial charge is 0.385 e. The van der Waals surface area contributed by atoms with Gasteiger partial charge in [-0.25, -0.2) is 0 Å². The number of methoxy groups -OCH3 is 1. The molecule has 8 heteroatoms. The lowest BCUT2D eigenvalue weighted by molar-refractivity contribution is -0.122. The van der Waals surface area contributed by atoms with Crippen molar-refractivity contribution in [1.82, 2.24) is 10.6 Å². The Labute approximate surface area is 170 Å². The van der Waals surface area contributed by atoms with Crippen molar-refractivity contribution in [2.24, 2.45) is 0 Å². The van der Waals surface area contributed by atoms with Crippen LogP contribution >= 0.6 is 0 Å². The summed E-state index contributed by atoms with van der Waals surface area (Å²) in [5.74, 6) is 0.139. The molecular weight excluding hydrogens is 364 g/mol. The summed E-state index contributed by atoms with van der Waals surface area (Å²) in [5.41, 5.74) is 0. The second kappa shape index (κ2) is 22.1. The highest BCUT2D eigenvalue weighted by Gasteiger charge is 2.01. The fraction of sp³-hybridized carbons (Fsp3) is 0.900. The van der Waals surface area contributed by atoms with Gasteiger partial charge < -0.3 is 29.6 Å². The summed E-state index contributed by atoms with van der Waals surface area (Å²) in [5, 5.41) is 5.45. The molecule has 0 unspecified atom stereocenters. The molecule has 0 fully saturated rings. The molecule has 2 N–H and O–H groups in total. The smallest absolute Gasteiger partial charge is 0.220 e. The second-order valence-corrected chi connectivity index (χ2v) is 6.47. The molecule has 0 saturated heterocycles. The van der Waals surface area contributed by atoms with Gasteiger partial charge in [-0.3, -0.25) is 9.59 Å². The van der Waals surface area contributed by atoms with Crippen molar-refractivity contribution in [3.8, 4) is 0 Å². The van der Waals surface area contributed by atoms with Gasteiger partial charge in [-0.2, -0.15) is 0 Å². The van der Waals surface area contributed by atoms with Gasteiger partial charge in [-0.15, -0.1) is 0 Å². The Morgan fingerprint density at radius 1 is 0.643 bits per heavy atom. The zero-order chi connectivity index (χ0) is 20.7. The van der Waals surface area contributed by atoms with Gasteiger partial charge in [0, 0.05) is 60.0 Å². The van der Waals surface area contributed by atoms with Gasteiger partial charge in [0.2, 0.25) is 11.8 Å². The Morgan fingerprint density at radius 2 is 1.21 bits per heavy atom. The molecule has 0 aliphatic heterocycles. The fourth-order valence-corrected chi connectivity index (χ4v) is 2.36. The molecule has 0 aliphatic rings. The van der Waals surface area contributed by atoms with E-state index in [4.69, 9.17) is 18.9 Å². The summed E-state index contributed by atoms with van der Waals surface area (Å²) < 4.78 is 21.3. The molecule has 0 heterocycles. The molecule has 2 amide bonds. The molecule has 0 rings (SSSR count). The van der Waals surface area contributed by atoms with Crippen LogP contribution in [0.15, 0.2) is 0 Å². The fourth-order valence-electron chi connectivity index (χ4n) is 2.36. The number of hydrogen-bond acceptors (Lipinski definition) is 6. The van der Waals surface area contributed by atoms with Gasteiger partial charge in [0.15, 0.2) is 0 Å². The molecule has 0 radical (unpaired) electrons. The third-order valence-corrected chi connectivity index (χ3v) is 3.99. The number of nitrogens with one attached hydrogen (secondary N) is 2. The van der Waals surface area contributed by atoms with Crippen molar-refractivity contribution in [3.05, 3.63) is 0 Å². The third-order valence-electron chi connectivity index (χ3n) is 3.99. The first-order valence-corrected chi connectivity index (χ1v) is 10.4. The standard InChI is InChI=1S/C20H40N2O6/c1-21-19(23)9-4-3-6-13-27-17-18-28-16-11-22-20(24)10-5-7-14-26-15-8-12-25-2/h3-18H2,1-2H3,(H,21,23)(H,22,24). The number of carbonyl (C=O) groups is 2. The van der Waals surface area contributed by atoms with E-state index < -0.39 is 0 Å². The van der Waals surface area contributed by atoms with Gasteiger partial charge >= 0.3 is 0 Å². The van der Waals surface area contributed by atoms with Crippen molar-refractivity contribution >= 4 is 11.8 Å². The first-order valence-electron chi connectivity index (χ1n) is 10.4. The Kier molecular flexibility index (Phi) is 21.1. The number of carbonyl (C=O) groups excluding carboxylic acids is 2. The first kappa shape index (κ1) is 26.8. The minimum absolute atomic E-state index is 0.0518. The summed E-state index contributed by atoms with van der Waals surface area (Å²) in [6.07, 6.45) is 6.54. The lowest BCUT2D eigenvalue weighted by atomic mass is 10.2. The van der Waals surface area contributed by atoms with Crippen molar-refractivity contribution in [2.45, 2.75) is 51.4 Å². The number of hydrogen-bond donors (Lipinski definition) is 2. The van der Waals surface area contributed by atoms with Gasteiger partial charge in [0.1, 0.15) is 0 Å². The van der Waals surface area contributed by atoms with Crippen LogP contribution in [-0.4, -0.2) is 78.8 Å². The first-order chi connectivity index (χ1) is 13.7. The summed E-state index contributed by atoms with van der Waals surface area (Å²) in [7, 11) is 3.33. The van der Waals surface area contributed by atoms with E-state index in [1.807, 2.05) is 0 Å². The normalized spacial score (nSPS) is 10.8. The number of ether oxygens (including phenoxy) is 4. The molecule has 166 valence electrons. The highest BCUT2D eigenvalue weighted by molar-refractivity contribution is 5.75. The van der Waals surface area contributed by atoms with Crippen LogP contribution in [0.3, 0.4) is 0 Å². The molecule has 0 aliphatic carbocycles. The van der Waals surface area contributed by atoms with Crippen LogP contribution < -0.4 is 10.6 Å². The van der Waals surface area contributed by atoms with E-state index in [0.29, 0.717) is 59.0 Å². The van der Waals surface area contributed by atoms with Crippen molar-refractivity contribution < 1.29 is 28.5 Å². The monoisotopic (exact) mass is 404 g/mol. The zero-order valence-corrected chi connectivity index (χ0v) is 17.8. The second-order valence-electron chi connectivity index (χ2n) is 6.47. The van der Waals surface area contributed by atoms with Crippen molar-refractivity contribution in [3.63, 3.8) is 0 Å². The highest BCUT2D eigenvalue weighted by atomic mass is 16.5. The van der Waals surface area contributed by atoms with Crippen LogP contribution in [0.25, 0.3) is 0 Å². The molecule has 8 nitrogen and oxygen atoms in total. The molecule has 0 atom stereocenters. The van der Waals surface area contributed by atoms with Crippen LogP contribution in [0.2, 0.25) is 0 Å². The van der Waals surface area contributed by atoms with E-state index in [-0.39, 0.29) is 11.8 Å². The van der Waals surface area contributed by atoms with E-state index in [0.717, 1.165) is 45.1 Å². The Hall–Kier alpha value is -1.22. The minimum atomic E-state index is 0.0518. The average Bonchev–Trinajstić information content (AvgIpc) is 2.70. The Balaban J connectivity index is 3.17. The van der Waals surface area contributed by atoms with Crippen molar-refractivity contribution in [2.75, 3.05) is 67.0 Å². The molecule has 0 aromatic heterocycles. The maximum absolute atomic E-state index is 11.7. The highest BCUT2D eigenvalue weighted by Crippen LogP contribution is 2.00. The predicted octanol–water partition coefficient (Wildman–Crippen LogP) is 1.67.